The smallest absolute Gasteiger partial charge is 0.406 e. The van der Waals surface area contributed by atoms with Crippen molar-refractivity contribution in [2.24, 2.45) is 0 Å². The van der Waals surface area contributed by atoms with Crippen LogP contribution in [0.5, 0.6) is 5.75 Å². The molecule has 0 atom stereocenters. The van der Waals surface area contributed by atoms with E-state index in [9.17, 15) is 50.0 Å². The highest BCUT2D eigenvalue weighted by atomic mass is 19.4. The van der Waals surface area contributed by atoms with Gasteiger partial charge in [-0.05, 0) is 112 Å². The Morgan fingerprint density at radius 1 is 0.550 bits per heavy atom. The number of aryl methyl sites for hydroxylation is 1. The van der Waals surface area contributed by atoms with E-state index in [0.717, 1.165) is 17.7 Å². The Balaban J connectivity index is 1.63. The Bertz CT molecular complexity index is 3170. The van der Waals surface area contributed by atoms with Crippen molar-refractivity contribution in [3.63, 3.8) is 0 Å². The third-order valence-electron chi connectivity index (χ3n) is 9.83. The molecule has 12 heteroatoms. The van der Waals surface area contributed by atoms with E-state index in [2.05, 4.69) is 27.8 Å². The number of nitrogens with zero attached hydrogens (tertiary/aromatic N) is 8. The zero-order valence-corrected chi connectivity index (χ0v) is 30.9. The molecule has 0 amide bonds. The summed E-state index contributed by atoms with van der Waals surface area (Å²) in [6.07, 6.45) is -4.99. The van der Waals surface area contributed by atoms with Gasteiger partial charge in [0.05, 0.1) is 69.8 Å². The Hall–Kier alpha value is -9.43. The van der Waals surface area contributed by atoms with E-state index >= 15 is 0 Å². The molecule has 0 heterocycles. The first-order valence-corrected chi connectivity index (χ1v) is 17.5. The van der Waals surface area contributed by atoms with Crippen molar-refractivity contribution in [1.82, 2.24) is 0 Å². The summed E-state index contributed by atoms with van der Waals surface area (Å²) < 4.78 is 43.5. The number of nitriles is 7. The minimum Gasteiger partial charge on any atom is -0.406 e. The molecule has 0 saturated carbocycles. The third kappa shape index (κ3) is 6.75. The third-order valence-corrected chi connectivity index (χ3v) is 9.83. The first-order chi connectivity index (χ1) is 28.9. The van der Waals surface area contributed by atoms with Crippen LogP contribution >= 0.6 is 0 Å². The minimum atomic E-state index is -4.99. The summed E-state index contributed by atoms with van der Waals surface area (Å²) in [6, 6.07) is 38.3. The number of allylic oxidation sites excluding steroid dienone is 7. The average molecular weight is 781 g/mol. The summed E-state index contributed by atoms with van der Waals surface area (Å²) in [5, 5.41) is 72.0. The van der Waals surface area contributed by atoms with Crippen LogP contribution in [0.4, 0.5) is 13.2 Å². The minimum absolute atomic E-state index is 0.00196. The highest BCUT2D eigenvalue weighted by molar-refractivity contribution is 6.34. The van der Waals surface area contributed by atoms with Crippen LogP contribution in [0.2, 0.25) is 0 Å². The summed E-state index contributed by atoms with van der Waals surface area (Å²) in [5.74, 6) is -0.539. The number of hydrogen-bond donors (Lipinski definition) is 0. The van der Waals surface area contributed by atoms with Gasteiger partial charge >= 0.3 is 6.36 Å². The lowest BCUT2D eigenvalue weighted by Crippen LogP contribution is -2.17. The molecule has 0 spiro atoms. The Morgan fingerprint density at radius 3 is 1.42 bits per heavy atom. The highest BCUT2D eigenvalue weighted by Crippen LogP contribution is 2.56. The number of halogens is 3. The van der Waals surface area contributed by atoms with Crippen molar-refractivity contribution >= 4 is 44.7 Å². The van der Waals surface area contributed by atoms with E-state index in [-0.39, 0.29) is 89.2 Å². The van der Waals surface area contributed by atoms with Crippen molar-refractivity contribution < 1.29 is 17.9 Å². The highest BCUT2D eigenvalue weighted by Gasteiger charge is 2.38. The maximum Gasteiger partial charge on any atom is 0.573 e. The lowest BCUT2D eigenvalue weighted by Gasteiger charge is -2.16. The first kappa shape index (κ1) is 38.8. The molecule has 2 aliphatic carbocycles. The first-order valence-electron chi connectivity index (χ1n) is 17.5. The fraction of sp³-hybridized carbons (Fsp3) is 0.0417. The molecule has 278 valence electrons. The van der Waals surface area contributed by atoms with Gasteiger partial charge in [0.2, 0.25) is 5.70 Å². The van der Waals surface area contributed by atoms with Crippen LogP contribution in [0.1, 0.15) is 72.3 Å². The molecule has 0 N–H and O–H groups in total. The lowest BCUT2D eigenvalue weighted by molar-refractivity contribution is -0.274. The quantitative estimate of drug-likeness (QED) is 0.125. The summed E-state index contributed by atoms with van der Waals surface area (Å²) in [7, 11) is 0. The van der Waals surface area contributed by atoms with Crippen molar-refractivity contribution in [1.29, 1.82) is 36.8 Å². The van der Waals surface area contributed by atoms with Crippen molar-refractivity contribution in [3.8, 4) is 48.2 Å². The predicted molar refractivity (Wildman–Crippen MR) is 213 cm³/mol. The molecule has 2 aliphatic rings. The van der Waals surface area contributed by atoms with Crippen LogP contribution in [0.25, 0.3) is 49.6 Å². The largest absolute Gasteiger partial charge is 0.573 e. The van der Waals surface area contributed by atoms with E-state index in [4.69, 9.17) is 6.57 Å². The number of ether oxygens (including phenoxy) is 1. The van der Waals surface area contributed by atoms with Crippen LogP contribution < -0.4 is 4.74 Å². The van der Waals surface area contributed by atoms with E-state index in [0.29, 0.717) is 22.3 Å². The topological polar surface area (TPSA) is 180 Å². The fourth-order valence-corrected chi connectivity index (χ4v) is 7.40. The molecule has 5 aromatic rings. The van der Waals surface area contributed by atoms with Gasteiger partial charge in [-0.1, -0.05) is 42.0 Å². The molecule has 0 fully saturated rings. The molecule has 0 unspecified atom stereocenters. The Labute approximate surface area is 340 Å². The number of alkyl halides is 3. The SMILES string of the molecule is [C-]#[N+]/C(=C1/C(c2ccc(OC(F)(F)F)cc2)=C(C#N)c2cc3c(cc21)/C(=C(\C#N)c1cc(C#N)cc(C#N)c1)C(c1ccc(C)cc1)=C3C#N)c1cc(C#N)cc(C#N)c1. The second-order valence-corrected chi connectivity index (χ2v) is 13.3. The molecule has 7 rings (SSSR count). The van der Waals surface area contributed by atoms with Crippen molar-refractivity contribution in [2.45, 2.75) is 13.3 Å². The van der Waals surface area contributed by atoms with E-state index < -0.39 is 12.1 Å². The molecule has 0 bridgehead atoms. The molecular formula is C48H19F3N8O. The van der Waals surface area contributed by atoms with Gasteiger partial charge < -0.3 is 4.74 Å². The zero-order valence-electron chi connectivity index (χ0n) is 30.9. The summed E-state index contributed by atoms with van der Waals surface area (Å²) in [6.45, 7) is 10.3. The van der Waals surface area contributed by atoms with Gasteiger partial charge in [0.1, 0.15) is 24.0 Å². The fourth-order valence-electron chi connectivity index (χ4n) is 7.40. The van der Waals surface area contributed by atoms with Gasteiger partial charge in [-0.3, -0.25) is 0 Å². The van der Waals surface area contributed by atoms with Crippen LogP contribution in [0.3, 0.4) is 0 Å². The maximum atomic E-state index is 13.2. The lowest BCUT2D eigenvalue weighted by atomic mass is 9.86. The van der Waals surface area contributed by atoms with E-state index in [1.807, 2.05) is 43.3 Å². The molecule has 0 aliphatic heterocycles. The Morgan fingerprint density at radius 2 is 0.983 bits per heavy atom. The van der Waals surface area contributed by atoms with Gasteiger partial charge in [-0.15, -0.1) is 13.2 Å². The van der Waals surface area contributed by atoms with Crippen LogP contribution in [-0.2, 0) is 0 Å². The van der Waals surface area contributed by atoms with Gasteiger partial charge in [0.25, 0.3) is 0 Å². The molecule has 0 aromatic heterocycles. The molecular weight excluding hydrogens is 762 g/mol. The molecule has 0 saturated heterocycles. The summed E-state index contributed by atoms with van der Waals surface area (Å²) in [4.78, 5) is 3.86. The van der Waals surface area contributed by atoms with Gasteiger partial charge in [0.15, 0.2) is 0 Å². The molecule has 9 nitrogen and oxygen atoms in total. The zero-order chi connectivity index (χ0) is 42.9. The van der Waals surface area contributed by atoms with Crippen molar-refractivity contribution in [2.75, 3.05) is 0 Å². The second-order valence-electron chi connectivity index (χ2n) is 13.3. The van der Waals surface area contributed by atoms with Crippen molar-refractivity contribution in [3.05, 3.63) is 181 Å². The molecule has 0 radical (unpaired) electrons. The number of rotatable bonds is 5. The van der Waals surface area contributed by atoms with Gasteiger partial charge in [0, 0.05) is 22.3 Å². The monoisotopic (exact) mass is 780 g/mol. The maximum absolute atomic E-state index is 13.2. The van der Waals surface area contributed by atoms with Crippen LogP contribution in [0, 0.1) is 92.8 Å². The standard InChI is InChI=1S/C48H19F3N8O/c1-26-3-5-31(6-4-26)43-41(24-57)36-17-37-39(18-38(36)45(43)40(23-56)33-13-27(19-52)11-28(14-33)20-53)46(47(59-2)34-15-29(21-54)12-30(16-34)22-55)44(42(37)25-58)32-7-9-35(10-8-32)60-48(49,50)51/h3-18H,1H3/b45-40-,47-46+. The van der Waals surface area contributed by atoms with Gasteiger partial charge in [-0.25, -0.2) is 4.85 Å². The summed E-state index contributed by atoms with van der Waals surface area (Å²) >= 11 is 0. The Kier molecular flexibility index (Phi) is 9.87. The molecule has 5 aromatic carbocycles. The molecule has 60 heavy (non-hydrogen) atoms. The second kappa shape index (κ2) is 15.2. The predicted octanol–water partition coefficient (Wildman–Crippen LogP) is 10.5. The van der Waals surface area contributed by atoms with E-state index in [1.54, 1.807) is 24.3 Å². The number of fused-ring (bicyclic) bond motifs is 2. The van der Waals surface area contributed by atoms with Crippen LogP contribution in [0.15, 0.2) is 97.1 Å². The van der Waals surface area contributed by atoms with Gasteiger partial charge in [-0.2, -0.15) is 36.8 Å². The number of benzene rings is 5. The van der Waals surface area contributed by atoms with E-state index in [1.165, 1.54) is 48.5 Å². The normalized spacial score (nSPS) is 14.1. The number of hydrogen-bond acceptors (Lipinski definition) is 8. The average Bonchev–Trinajstić information content (AvgIpc) is 3.74. The summed E-state index contributed by atoms with van der Waals surface area (Å²) in [5.41, 5.74) is 4.43. The van der Waals surface area contributed by atoms with Crippen LogP contribution in [-0.4, -0.2) is 6.36 Å².